The van der Waals surface area contributed by atoms with Crippen LogP contribution in [0.3, 0.4) is 0 Å². The van der Waals surface area contributed by atoms with Crippen molar-refractivity contribution in [1.82, 2.24) is 9.78 Å². The van der Waals surface area contributed by atoms with Crippen LogP contribution < -0.4 is 4.90 Å². The van der Waals surface area contributed by atoms with E-state index in [2.05, 4.69) is 5.10 Å². The van der Waals surface area contributed by atoms with E-state index in [-0.39, 0.29) is 10.6 Å². The van der Waals surface area contributed by atoms with Crippen molar-refractivity contribution >= 4 is 11.4 Å². The molecule has 0 aliphatic carbocycles. The molecule has 6 nitrogen and oxygen atoms in total. The van der Waals surface area contributed by atoms with Crippen molar-refractivity contribution in [3.05, 3.63) is 40.1 Å². The Hall–Kier alpha value is -2.37. The molecule has 0 bridgehead atoms. The normalized spacial score (nSPS) is 13.1. The number of nitrogens with zero attached hydrogens (tertiary/aromatic N) is 4. The van der Waals surface area contributed by atoms with Crippen LogP contribution in [0.1, 0.15) is 5.56 Å². The minimum atomic E-state index is -0.344. The summed E-state index contributed by atoms with van der Waals surface area (Å²) in [6.45, 7) is 0.640. The Balaban J connectivity index is 2.31. The summed E-state index contributed by atoms with van der Waals surface area (Å²) < 4.78 is 1.74. The second kappa shape index (κ2) is 3.56. The second-order valence-electron chi connectivity index (χ2n) is 4.46. The van der Waals surface area contributed by atoms with Gasteiger partial charge in [-0.1, -0.05) is 12.1 Å². The van der Waals surface area contributed by atoms with Crippen LogP contribution in [-0.4, -0.2) is 21.8 Å². The number of aromatic nitrogens is 2. The van der Waals surface area contributed by atoms with E-state index < -0.39 is 0 Å². The van der Waals surface area contributed by atoms with Gasteiger partial charge < -0.3 is 4.90 Å². The van der Waals surface area contributed by atoms with Crippen molar-refractivity contribution in [3.8, 4) is 11.3 Å². The average molecular weight is 244 g/mol. The van der Waals surface area contributed by atoms with Crippen LogP contribution in [-0.2, 0) is 13.6 Å². The van der Waals surface area contributed by atoms with Crippen LogP contribution in [0, 0.1) is 10.1 Å². The third-order valence-corrected chi connectivity index (χ3v) is 3.16. The quantitative estimate of drug-likeness (QED) is 0.568. The zero-order valence-electron chi connectivity index (χ0n) is 10.1. The van der Waals surface area contributed by atoms with Gasteiger partial charge in [0.25, 0.3) is 5.69 Å². The third-order valence-electron chi connectivity index (χ3n) is 3.16. The molecule has 0 saturated carbocycles. The Bertz CT molecular complexity index is 648. The minimum absolute atomic E-state index is 0.131. The SMILES string of the molecule is CN1Cc2cn(C)nc2-c2cccc([N+](=O)[O-])c21. The highest BCUT2D eigenvalue weighted by molar-refractivity contribution is 5.87. The Labute approximate surface area is 104 Å². The first-order valence-electron chi connectivity index (χ1n) is 5.59. The van der Waals surface area contributed by atoms with Crippen LogP contribution in [0.5, 0.6) is 0 Å². The molecule has 0 spiro atoms. The number of hydrogen-bond donors (Lipinski definition) is 0. The highest BCUT2D eigenvalue weighted by Crippen LogP contribution is 2.42. The van der Waals surface area contributed by atoms with E-state index in [1.807, 2.05) is 31.3 Å². The molecule has 92 valence electrons. The van der Waals surface area contributed by atoms with Crippen LogP contribution >= 0.6 is 0 Å². The van der Waals surface area contributed by atoms with Crippen molar-refractivity contribution in [1.29, 1.82) is 0 Å². The number of rotatable bonds is 1. The lowest BCUT2D eigenvalue weighted by Gasteiger charge is -2.26. The number of anilines is 1. The summed E-state index contributed by atoms with van der Waals surface area (Å²) in [5, 5.41) is 15.5. The molecule has 18 heavy (non-hydrogen) atoms. The van der Waals surface area contributed by atoms with E-state index in [0.29, 0.717) is 12.2 Å². The van der Waals surface area contributed by atoms with Gasteiger partial charge in [-0.25, -0.2) is 0 Å². The lowest BCUT2D eigenvalue weighted by Crippen LogP contribution is -2.22. The molecule has 6 heteroatoms. The summed E-state index contributed by atoms with van der Waals surface area (Å²) in [7, 11) is 3.72. The molecule has 0 fully saturated rings. The topological polar surface area (TPSA) is 64.2 Å². The van der Waals surface area contributed by atoms with Crippen molar-refractivity contribution in [2.45, 2.75) is 6.54 Å². The van der Waals surface area contributed by atoms with Gasteiger partial charge in [0.05, 0.1) is 10.6 Å². The number of benzene rings is 1. The highest BCUT2D eigenvalue weighted by Gasteiger charge is 2.29. The molecule has 0 N–H and O–H groups in total. The summed E-state index contributed by atoms with van der Waals surface area (Å²) in [5.41, 5.74) is 3.54. The van der Waals surface area contributed by atoms with Gasteiger partial charge in [0.2, 0.25) is 0 Å². The van der Waals surface area contributed by atoms with Crippen LogP contribution in [0.25, 0.3) is 11.3 Å². The molecule has 1 aromatic heterocycles. The van der Waals surface area contributed by atoms with E-state index in [1.165, 1.54) is 6.07 Å². The summed E-state index contributed by atoms with van der Waals surface area (Å²) in [5.74, 6) is 0. The van der Waals surface area contributed by atoms with Crippen LogP contribution in [0.4, 0.5) is 11.4 Å². The molecule has 0 saturated heterocycles. The van der Waals surface area contributed by atoms with Crippen LogP contribution in [0.15, 0.2) is 24.4 Å². The van der Waals surface area contributed by atoms with E-state index in [1.54, 1.807) is 10.7 Å². The Morgan fingerprint density at radius 2 is 2.17 bits per heavy atom. The Morgan fingerprint density at radius 1 is 1.39 bits per heavy atom. The first kappa shape index (κ1) is 10.8. The fourth-order valence-corrected chi connectivity index (χ4v) is 2.49. The van der Waals surface area contributed by atoms with Gasteiger partial charge >= 0.3 is 0 Å². The summed E-state index contributed by atoms with van der Waals surface area (Å²) >= 11 is 0. The standard InChI is InChI=1S/C12H12N4O2/c1-14-6-8-7-15(2)13-11(8)9-4-3-5-10(12(9)14)16(17)18/h3-5,7H,6H2,1-2H3. The van der Waals surface area contributed by atoms with Gasteiger partial charge in [-0.3, -0.25) is 14.8 Å². The molecular formula is C12H12N4O2. The zero-order valence-corrected chi connectivity index (χ0v) is 10.1. The molecule has 3 rings (SSSR count). The lowest BCUT2D eigenvalue weighted by atomic mass is 9.99. The average Bonchev–Trinajstić information content (AvgIpc) is 2.69. The number of nitro benzene ring substituents is 1. The molecule has 0 atom stereocenters. The third kappa shape index (κ3) is 1.38. The van der Waals surface area contributed by atoms with E-state index in [4.69, 9.17) is 0 Å². The summed E-state index contributed by atoms with van der Waals surface area (Å²) in [4.78, 5) is 12.6. The van der Waals surface area contributed by atoms with Crippen molar-refractivity contribution < 1.29 is 4.92 Å². The number of nitro groups is 1. The van der Waals surface area contributed by atoms with Crippen molar-refractivity contribution in [2.24, 2.45) is 7.05 Å². The number of aryl methyl sites for hydroxylation is 1. The summed E-state index contributed by atoms with van der Waals surface area (Å²) in [6.07, 6.45) is 1.95. The molecular weight excluding hydrogens is 232 g/mol. The number of para-hydroxylation sites is 1. The van der Waals surface area contributed by atoms with Crippen molar-refractivity contribution in [2.75, 3.05) is 11.9 Å². The van der Waals surface area contributed by atoms with Crippen molar-refractivity contribution in [3.63, 3.8) is 0 Å². The Morgan fingerprint density at radius 3 is 2.89 bits per heavy atom. The van der Waals surface area contributed by atoms with Gasteiger partial charge in [-0.2, -0.15) is 5.10 Å². The lowest BCUT2D eigenvalue weighted by molar-refractivity contribution is -0.384. The van der Waals surface area contributed by atoms with Crippen LogP contribution in [0.2, 0.25) is 0 Å². The molecule has 0 radical (unpaired) electrons. The molecule has 2 heterocycles. The fourth-order valence-electron chi connectivity index (χ4n) is 2.49. The Kier molecular flexibility index (Phi) is 2.13. The number of fused-ring (bicyclic) bond motifs is 3. The maximum absolute atomic E-state index is 11.1. The first-order chi connectivity index (χ1) is 8.58. The summed E-state index contributed by atoms with van der Waals surface area (Å²) in [6, 6.07) is 5.11. The predicted octanol–water partition coefficient (Wildman–Crippen LogP) is 1.95. The number of hydrogen-bond acceptors (Lipinski definition) is 4. The first-order valence-corrected chi connectivity index (χ1v) is 5.59. The van der Waals surface area contributed by atoms with E-state index >= 15 is 0 Å². The molecule has 2 aromatic rings. The fraction of sp³-hybridized carbons (Fsp3) is 0.250. The highest BCUT2D eigenvalue weighted by atomic mass is 16.6. The smallest absolute Gasteiger partial charge is 0.293 e. The van der Waals surface area contributed by atoms with Gasteiger partial charge in [-0.05, 0) is 0 Å². The molecule has 1 aliphatic rings. The maximum atomic E-state index is 11.1. The van der Waals surface area contributed by atoms with Gasteiger partial charge in [0, 0.05) is 44.0 Å². The second-order valence-corrected chi connectivity index (χ2v) is 4.46. The molecule has 0 unspecified atom stereocenters. The zero-order chi connectivity index (χ0) is 12.9. The minimum Gasteiger partial charge on any atom is -0.364 e. The largest absolute Gasteiger partial charge is 0.364 e. The monoisotopic (exact) mass is 244 g/mol. The molecule has 1 aliphatic heterocycles. The van der Waals surface area contributed by atoms with Gasteiger partial charge in [0.15, 0.2) is 0 Å². The van der Waals surface area contributed by atoms with E-state index in [0.717, 1.165) is 16.8 Å². The maximum Gasteiger partial charge on any atom is 0.293 e. The van der Waals surface area contributed by atoms with Gasteiger partial charge in [-0.15, -0.1) is 0 Å². The van der Waals surface area contributed by atoms with E-state index in [9.17, 15) is 10.1 Å². The predicted molar refractivity (Wildman–Crippen MR) is 67.4 cm³/mol. The van der Waals surface area contributed by atoms with Gasteiger partial charge in [0.1, 0.15) is 5.69 Å². The molecule has 0 amide bonds. The molecule has 1 aromatic carbocycles.